The fourth-order valence-corrected chi connectivity index (χ4v) is 3.88. The van der Waals surface area contributed by atoms with Crippen LogP contribution < -0.4 is 4.72 Å². The van der Waals surface area contributed by atoms with E-state index < -0.39 is 10.0 Å². The Bertz CT molecular complexity index is 756. The average molecular weight is 345 g/mol. The van der Waals surface area contributed by atoms with Gasteiger partial charge < -0.3 is 4.90 Å². The lowest BCUT2D eigenvalue weighted by Gasteiger charge is -2.15. The summed E-state index contributed by atoms with van der Waals surface area (Å²) < 4.78 is 27.1. The van der Waals surface area contributed by atoms with Crippen molar-refractivity contribution < 1.29 is 13.2 Å². The Balaban J connectivity index is 2.44. The SMILES string of the molecule is CN(C)C(=O)c1ccc(Cl)cc1NS(=O)(=O)c1cccs1. The predicted octanol–water partition coefficient (Wildman–Crippen LogP) is 2.90. The summed E-state index contributed by atoms with van der Waals surface area (Å²) in [6, 6.07) is 7.59. The molecule has 1 aromatic heterocycles. The van der Waals surface area contributed by atoms with Crippen molar-refractivity contribution in [1.29, 1.82) is 0 Å². The van der Waals surface area contributed by atoms with Gasteiger partial charge in [-0.3, -0.25) is 9.52 Å². The van der Waals surface area contributed by atoms with Crippen molar-refractivity contribution in [1.82, 2.24) is 4.90 Å². The lowest BCUT2D eigenvalue weighted by atomic mass is 10.1. The highest BCUT2D eigenvalue weighted by molar-refractivity contribution is 7.94. The maximum Gasteiger partial charge on any atom is 0.271 e. The van der Waals surface area contributed by atoms with E-state index in [-0.39, 0.29) is 21.4 Å². The minimum absolute atomic E-state index is 0.162. The quantitative estimate of drug-likeness (QED) is 0.927. The molecule has 8 heteroatoms. The molecule has 0 saturated carbocycles. The Morgan fingerprint density at radius 3 is 2.57 bits per heavy atom. The third-order valence-corrected chi connectivity index (χ3v) is 5.62. The van der Waals surface area contributed by atoms with Crippen molar-refractivity contribution in [3.63, 3.8) is 0 Å². The second-order valence-electron chi connectivity index (χ2n) is 4.43. The molecular formula is C13H13ClN2O3S2. The summed E-state index contributed by atoms with van der Waals surface area (Å²) in [5.41, 5.74) is 0.402. The first kappa shape index (κ1) is 15.8. The molecule has 0 fully saturated rings. The summed E-state index contributed by atoms with van der Waals surface area (Å²) >= 11 is 6.99. The van der Waals surface area contributed by atoms with Crippen LogP contribution in [-0.4, -0.2) is 33.3 Å². The van der Waals surface area contributed by atoms with Crippen LogP contribution in [0, 0.1) is 0 Å². The number of benzene rings is 1. The number of rotatable bonds is 4. The second-order valence-corrected chi connectivity index (χ2v) is 7.72. The van der Waals surface area contributed by atoms with E-state index in [1.807, 2.05) is 0 Å². The smallest absolute Gasteiger partial charge is 0.271 e. The molecule has 112 valence electrons. The fourth-order valence-electron chi connectivity index (χ4n) is 1.64. The maximum absolute atomic E-state index is 12.2. The third-order valence-electron chi connectivity index (χ3n) is 2.62. The summed E-state index contributed by atoms with van der Waals surface area (Å²) in [5, 5.41) is 2.01. The normalized spacial score (nSPS) is 11.2. The van der Waals surface area contributed by atoms with Gasteiger partial charge in [0, 0.05) is 19.1 Å². The molecule has 1 aromatic carbocycles. The molecule has 0 radical (unpaired) electrons. The Labute approximate surface area is 132 Å². The Hall–Kier alpha value is -1.57. The molecule has 0 unspecified atom stereocenters. The van der Waals surface area contributed by atoms with Gasteiger partial charge in [-0.1, -0.05) is 17.7 Å². The van der Waals surface area contributed by atoms with Crippen LogP contribution in [0.2, 0.25) is 5.02 Å². The fraction of sp³-hybridized carbons (Fsp3) is 0.154. The second kappa shape index (κ2) is 6.05. The van der Waals surface area contributed by atoms with Gasteiger partial charge in [-0.05, 0) is 29.6 Å². The number of halogens is 1. The summed E-state index contributed by atoms with van der Waals surface area (Å²) in [4.78, 5) is 13.5. The lowest BCUT2D eigenvalue weighted by Crippen LogP contribution is -2.24. The van der Waals surface area contributed by atoms with Gasteiger partial charge in [-0.2, -0.15) is 0 Å². The van der Waals surface area contributed by atoms with E-state index in [4.69, 9.17) is 11.6 Å². The zero-order chi connectivity index (χ0) is 15.6. The van der Waals surface area contributed by atoms with Crippen LogP contribution >= 0.6 is 22.9 Å². The van der Waals surface area contributed by atoms with E-state index in [9.17, 15) is 13.2 Å². The highest BCUT2D eigenvalue weighted by Gasteiger charge is 2.20. The van der Waals surface area contributed by atoms with Gasteiger partial charge in [0.15, 0.2) is 0 Å². The molecule has 0 bridgehead atoms. The number of hydrogen-bond donors (Lipinski definition) is 1. The Morgan fingerprint density at radius 2 is 2.00 bits per heavy atom. The zero-order valence-corrected chi connectivity index (χ0v) is 13.7. The highest BCUT2D eigenvalue weighted by Crippen LogP contribution is 2.26. The van der Waals surface area contributed by atoms with Crippen LogP contribution in [0.4, 0.5) is 5.69 Å². The topological polar surface area (TPSA) is 66.5 Å². The number of nitrogens with one attached hydrogen (secondary N) is 1. The van der Waals surface area contributed by atoms with E-state index in [2.05, 4.69) is 4.72 Å². The number of hydrogen-bond acceptors (Lipinski definition) is 4. The number of thiophene rings is 1. The minimum Gasteiger partial charge on any atom is -0.345 e. The van der Waals surface area contributed by atoms with Crippen molar-refractivity contribution in [3.05, 3.63) is 46.3 Å². The minimum atomic E-state index is -3.73. The first-order chi connectivity index (χ1) is 9.81. The molecule has 5 nitrogen and oxygen atoms in total. The summed E-state index contributed by atoms with van der Waals surface area (Å²) in [6.45, 7) is 0. The van der Waals surface area contributed by atoms with E-state index >= 15 is 0 Å². The summed E-state index contributed by atoms with van der Waals surface area (Å²) in [7, 11) is -0.546. The molecule has 0 aliphatic carbocycles. The number of nitrogens with zero attached hydrogens (tertiary/aromatic N) is 1. The first-order valence-electron chi connectivity index (χ1n) is 5.89. The van der Waals surface area contributed by atoms with E-state index in [0.29, 0.717) is 5.02 Å². The van der Waals surface area contributed by atoms with Crippen LogP contribution in [0.1, 0.15) is 10.4 Å². The lowest BCUT2D eigenvalue weighted by molar-refractivity contribution is 0.0828. The van der Waals surface area contributed by atoms with Crippen LogP contribution in [-0.2, 0) is 10.0 Å². The van der Waals surface area contributed by atoms with Gasteiger partial charge in [0.05, 0.1) is 11.3 Å². The van der Waals surface area contributed by atoms with E-state index in [1.54, 1.807) is 31.6 Å². The average Bonchev–Trinajstić information content (AvgIpc) is 2.92. The van der Waals surface area contributed by atoms with Gasteiger partial charge >= 0.3 is 0 Å². The molecule has 0 aliphatic rings. The Morgan fingerprint density at radius 1 is 1.29 bits per heavy atom. The molecular weight excluding hydrogens is 332 g/mol. The van der Waals surface area contributed by atoms with E-state index in [1.165, 1.54) is 23.1 Å². The number of sulfonamides is 1. The standard InChI is InChI=1S/C13H13ClN2O3S2/c1-16(2)13(17)10-6-5-9(14)8-11(10)15-21(18,19)12-4-3-7-20-12/h3-8,15H,1-2H3. The maximum atomic E-state index is 12.2. The van der Waals surface area contributed by atoms with Gasteiger partial charge in [0.2, 0.25) is 0 Å². The summed E-state index contributed by atoms with van der Waals surface area (Å²) in [5.74, 6) is -0.310. The molecule has 1 heterocycles. The van der Waals surface area contributed by atoms with Gasteiger partial charge in [0.1, 0.15) is 4.21 Å². The van der Waals surface area contributed by atoms with Crippen molar-refractivity contribution in [3.8, 4) is 0 Å². The van der Waals surface area contributed by atoms with Gasteiger partial charge in [-0.25, -0.2) is 8.42 Å². The molecule has 2 rings (SSSR count). The first-order valence-corrected chi connectivity index (χ1v) is 8.63. The summed E-state index contributed by atoms with van der Waals surface area (Å²) in [6.07, 6.45) is 0. The molecule has 0 spiro atoms. The molecule has 21 heavy (non-hydrogen) atoms. The number of anilines is 1. The predicted molar refractivity (Wildman–Crippen MR) is 84.6 cm³/mol. The molecule has 1 N–H and O–H groups in total. The number of carbonyl (C=O) groups is 1. The van der Waals surface area contributed by atoms with Crippen molar-refractivity contribution >= 4 is 44.6 Å². The molecule has 0 atom stereocenters. The monoisotopic (exact) mass is 344 g/mol. The van der Waals surface area contributed by atoms with Crippen LogP contribution in [0.5, 0.6) is 0 Å². The van der Waals surface area contributed by atoms with Crippen molar-refractivity contribution in [2.75, 3.05) is 18.8 Å². The molecule has 2 aromatic rings. The largest absolute Gasteiger partial charge is 0.345 e. The van der Waals surface area contributed by atoms with E-state index in [0.717, 1.165) is 11.3 Å². The van der Waals surface area contributed by atoms with Crippen LogP contribution in [0.15, 0.2) is 39.9 Å². The Kier molecular flexibility index (Phi) is 4.55. The van der Waals surface area contributed by atoms with Crippen molar-refractivity contribution in [2.45, 2.75) is 4.21 Å². The third kappa shape index (κ3) is 3.55. The van der Waals surface area contributed by atoms with Crippen LogP contribution in [0.25, 0.3) is 0 Å². The molecule has 0 aliphatic heterocycles. The number of amides is 1. The van der Waals surface area contributed by atoms with Gasteiger partial charge in [-0.15, -0.1) is 11.3 Å². The van der Waals surface area contributed by atoms with Crippen molar-refractivity contribution in [2.24, 2.45) is 0 Å². The number of carbonyl (C=O) groups excluding carboxylic acids is 1. The molecule has 0 saturated heterocycles. The highest BCUT2D eigenvalue weighted by atomic mass is 35.5. The van der Waals surface area contributed by atoms with Crippen LogP contribution in [0.3, 0.4) is 0 Å². The molecule has 1 amide bonds. The van der Waals surface area contributed by atoms with Gasteiger partial charge in [0.25, 0.3) is 15.9 Å². The zero-order valence-electron chi connectivity index (χ0n) is 11.3.